The van der Waals surface area contributed by atoms with Gasteiger partial charge in [-0.2, -0.15) is 0 Å². The Labute approximate surface area is 154 Å². The topological polar surface area (TPSA) is 36.9 Å². The highest BCUT2D eigenvalue weighted by molar-refractivity contribution is 5.45. The summed E-state index contributed by atoms with van der Waals surface area (Å²) in [6.45, 7) is 0. The van der Waals surface area contributed by atoms with Gasteiger partial charge in [0.15, 0.2) is 12.6 Å². The maximum atomic E-state index is 6.81. The lowest BCUT2D eigenvalue weighted by Crippen LogP contribution is -2.73. The lowest BCUT2D eigenvalue weighted by atomic mass is 9.41. The van der Waals surface area contributed by atoms with Crippen molar-refractivity contribution in [2.24, 2.45) is 70.0 Å². The van der Waals surface area contributed by atoms with Crippen LogP contribution in [0.5, 0.6) is 0 Å². The first-order chi connectivity index (χ1) is 12.8. The molecule has 4 nitrogen and oxygen atoms in total. The zero-order valence-electron chi connectivity index (χ0n) is 15.5. The normalized spacial score (nSPS) is 79.6. The third kappa shape index (κ3) is 0.881. The van der Waals surface area contributed by atoms with Gasteiger partial charge in [0.25, 0.3) is 0 Å². The molecule has 0 aromatic rings. The average molecular weight is 356 g/mol. The van der Waals surface area contributed by atoms with Crippen molar-refractivity contribution in [2.45, 2.75) is 50.5 Å². The smallest absolute Gasteiger partial charge is 0.164 e. The molecule has 0 unspecified atom stereocenters. The van der Waals surface area contributed by atoms with Crippen LogP contribution >= 0.6 is 0 Å². The van der Waals surface area contributed by atoms with Gasteiger partial charge in [-0.05, 0) is 84.9 Å². The SMILES string of the molecule is CO[C@@H]1O[C@@H]2CC[C@@H]3[C@H]2[C@@H]2[C@@H]4[C@@H]5[C@@H]6[C@@H]7[C@@H]8CC[C@@H]7O[C@@H](OC)[C@@]6([C@H]34)[C@@]12[C@@H]85. The molecule has 2 heterocycles. The summed E-state index contributed by atoms with van der Waals surface area (Å²) < 4.78 is 26.1. The molecule has 0 aromatic heterocycles. The minimum atomic E-state index is -0.0142. The molecule has 16 atom stereocenters. The monoisotopic (exact) mass is 356 g/mol. The predicted octanol–water partition coefficient (Wildman–Crippen LogP) is 2.52. The van der Waals surface area contributed by atoms with Crippen molar-refractivity contribution in [3.05, 3.63) is 0 Å². The zero-order valence-corrected chi connectivity index (χ0v) is 15.5. The lowest BCUT2D eigenvalue weighted by Gasteiger charge is -2.68. The van der Waals surface area contributed by atoms with Gasteiger partial charge < -0.3 is 18.9 Å². The van der Waals surface area contributed by atoms with E-state index in [4.69, 9.17) is 18.9 Å². The van der Waals surface area contributed by atoms with E-state index in [1.54, 1.807) is 0 Å². The molecule has 0 aromatic carbocycles. The first-order valence-corrected chi connectivity index (χ1v) is 11.2. The highest BCUT2D eigenvalue weighted by Crippen LogP contribution is 3.00. The van der Waals surface area contributed by atoms with Gasteiger partial charge in [-0.15, -0.1) is 0 Å². The highest BCUT2D eigenvalue weighted by Gasteiger charge is 3.02. The Hall–Kier alpha value is -0.160. The van der Waals surface area contributed by atoms with Crippen LogP contribution < -0.4 is 0 Å². The molecule has 4 heteroatoms. The molecule has 0 N–H and O–H groups in total. The van der Waals surface area contributed by atoms with E-state index in [0.29, 0.717) is 12.2 Å². The van der Waals surface area contributed by atoms with Gasteiger partial charge in [-0.25, -0.2) is 0 Å². The van der Waals surface area contributed by atoms with Gasteiger partial charge >= 0.3 is 0 Å². The number of hydrogen-bond donors (Lipinski definition) is 0. The molecule has 2 spiro atoms. The van der Waals surface area contributed by atoms with Crippen molar-refractivity contribution < 1.29 is 18.9 Å². The minimum Gasteiger partial charge on any atom is -0.355 e. The van der Waals surface area contributed by atoms with E-state index in [2.05, 4.69) is 0 Å². The third-order valence-corrected chi connectivity index (χ3v) is 12.0. The van der Waals surface area contributed by atoms with Crippen LogP contribution in [0, 0.1) is 70.0 Å². The van der Waals surface area contributed by atoms with Crippen LogP contribution in [0.4, 0.5) is 0 Å². The first kappa shape index (κ1) is 13.9. The predicted molar refractivity (Wildman–Crippen MR) is 89.6 cm³/mol. The van der Waals surface area contributed by atoms with Crippen LogP contribution in [0.3, 0.4) is 0 Å². The largest absolute Gasteiger partial charge is 0.355 e. The van der Waals surface area contributed by atoms with E-state index in [-0.39, 0.29) is 23.4 Å². The van der Waals surface area contributed by atoms with Crippen LogP contribution in [-0.2, 0) is 18.9 Å². The van der Waals surface area contributed by atoms with Crippen molar-refractivity contribution in [1.29, 1.82) is 0 Å². The number of methoxy groups -OCH3 is 2. The van der Waals surface area contributed by atoms with E-state index >= 15 is 0 Å². The molecule has 8 saturated carbocycles. The second kappa shape index (κ2) is 3.69. The molecule has 10 rings (SSSR count). The minimum absolute atomic E-state index is 0.0142. The number of hydrogen-bond acceptors (Lipinski definition) is 4. The standard InChI is InChI=1S/C22H28O4/c1-23-19-21-15-7-4-6-10-12(7)18-13(15)14-16(22(18,21)20(24-2)26-10)8-3-5-9(25-19)11(8)17(14)21/h7-20H,3-6H2,1-2H3/t7-,8+,9+,10-,11-,12-,13-,14+,15-,16+,17+,18-,19-,20-,21+,22-/m1/s1. The van der Waals surface area contributed by atoms with Crippen LogP contribution in [0.15, 0.2) is 0 Å². The molecule has 8 bridgehead atoms. The highest BCUT2D eigenvalue weighted by atomic mass is 16.7. The van der Waals surface area contributed by atoms with E-state index in [1.807, 2.05) is 14.2 Å². The molecular formula is C22H28O4. The fourth-order valence-electron chi connectivity index (χ4n) is 13.0. The Morgan fingerprint density at radius 2 is 1.08 bits per heavy atom. The number of ether oxygens (including phenoxy) is 4. The molecule has 0 radical (unpaired) electrons. The van der Waals surface area contributed by atoms with Crippen LogP contribution in [0.2, 0.25) is 0 Å². The summed E-state index contributed by atoms with van der Waals surface area (Å²) >= 11 is 0. The van der Waals surface area contributed by atoms with Crippen molar-refractivity contribution in [1.82, 2.24) is 0 Å². The Morgan fingerprint density at radius 1 is 0.615 bits per heavy atom. The summed E-state index contributed by atoms with van der Waals surface area (Å²) in [5, 5.41) is 0. The van der Waals surface area contributed by atoms with Gasteiger partial charge in [0.2, 0.25) is 0 Å². The van der Waals surface area contributed by atoms with Crippen molar-refractivity contribution >= 4 is 0 Å². The quantitative estimate of drug-likeness (QED) is 0.762. The third-order valence-electron chi connectivity index (χ3n) is 12.0. The second-order valence-electron chi connectivity index (χ2n) is 11.2. The molecule has 140 valence electrons. The molecule has 10 aliphatic rings. The van der Waals surface area contributed by atoms with Crippen LogP contribution in [-0.4, -0.2) is 39.0 Å². The molecule has 0 amide bonds. The Kier molecular flexibility index (Phi) is 1.98. The fourth-order valence-corrected chi connectivity index (χ4v) is 13.0. The van der Waals surface area contributed by atoms with Crippen LogP contribution in [0.25, 0.3) is 0 Å². The first-order valence-electron chi connectivity index (χ1n) is 11.2. The zero-order chi connectivity index (χ0) is 16.7. The summed E-state index contributed by atoms with van der Waals surface area (Å²) in [6.07, 6.45) is 6.18. The Balaban J connectivity index is 1.40. The molecule has 8 aliphatic carbocycles. The van der Waals surface area contributed by atoms with Gasteiger partial charge in [-0.1, -0.05) is 0 Å². The number of rotatable bonds is 2. The molecule has 2 saturated heterocycles. The Morgan fingerprint density at radius 3 is 1.50 bits per heavy atom. The van der Waals surface area contributed by atoms with E-state index < -0.39 is 0 Å². The maximum absolute atomic E-state index is 6.81. The summed E-state index contributed by atoms with van der Waals surface area (Å²) in [5.41, 5.74) is 0.400. The van der Waals surface area contributed by atoms with Gasteiger partial charge in [-0.3, -0.25) is 0 Å². The van der Waals surface area contributed by atoms with Crippen molar-refractivity contribution in [3.63, 3.8) is 0 Å². The summed E-state index contributed by atoms with van der Waals surface area (Å²) in [7, 11) is 3.82. The van der Waals surface area contributed by atoms with Crippen molar-refractivity contribution in [2.75, 3.05) is 14.2 Å². The van der Waals surface area contributed by atoms with E-state index in [9.17, 15) is 0 Å². The fraction of sp³-hybridized carbons (Fsp3) is 1.00. The van der Waals surface area contributed by atoms with E-state index in [0.717, 1.165) is 59.2 Å². The van der Waals surface area contributed by atoms with E-state index in [1.165, 1.54) is 25.7 Å². The lowest BCUT2D eigenvalue weighted by molar-refractivity contribution is -0.399. The molecule has 10 fully saturated rings. The maximum Gasteiger partial charge on any atom is 0.164 e. The molecular weight excluding hydrogens is 328 g/mol. The molecule has 2 aliphatic heterocycles. The van der Waals surface area contributed by atoms with Gasteiger partial charge in [0.1, 0.15) is 0 Å². The summed E-state index contributed by atoms with van der Waals surface area (Å²) in [4.78, 5) is 0. The van der Waals surface area contributed by atoms with Gasteiger partial charge in [0.05, 0.1) is 12.2 Å². The summed E-state index contributed by atoms with van der Waals surface area (Å²) in [6, 6.07) is 0. The van der Waals surface area contributed by atoms with Crippen molar-refractivity contribution in [3.8, 4) is 0 Å². The Bertz CT molecular complexity index is 676. The van der Waals surface area contributed by atoms with Gasteiger partial charge in [0, 0.05) is 25.0 Å². The molecule has 26 heavy (non-hydrogen) atoms. The second-order valence-corrected chi connectivity index (χ2v) is 11.2. The van der Waals surface area contributed by atoms with Crippen LogP contribution in [0.1, 0.15) is 25.7 Å². The average Bonchev–Trinajstić information content (AvgIpc) is 3.44. The summed E-state index contributed by atoms with van der Waals surface area (Å²) in [5.74, 6) is 8.64.